The Morgan fingerprint density at radius 3 is 2.43 bits per heavy atom. The summed E-state index contributed by atoms with van der Waals surface area (Å²) in [5.74, 6) is 0.668. The van der Waals surface area contributed by atoms with Gasteiger partial charge >= 0.3 is 5.56 Å². The van der Waals surface area contributed by atoms with Gasteiger partial charge in [0.25, 0.3) is 0 Å². The topological polar surface area (TPSA) is 89.1 Å². The molecule has 0 amide bonds. The fourth-order valence-electron chi connectivity index (χ4n) is 2.01. The molecule has 0 saturated heterocycles. The van der Waals surface area contributed by atoms with Crippen molar-refractivity contribution >= 4 is 9.84 Å². The molecule has 0 spiro atoms. The predicted molar refractivity (Wildman–Crippen MR) is 88.4 cm³/mol. The van der Waals surface area contributed by atoms with Crippen LogP contribution in [0.15, 0.2) is 40.2 Å². The molecule has 1 heterocycles. The molecule has 1 aromatic carbocycles. The van der Waals surface area contributed by atoms with Gasteiger partial charge in [-0.15, -0.1) is 0 Å². The summed E-state index contributed by atoms with van der Waals surface area (Å²) in [5, 5.41) is 6.16. The number of rotatable bonds is 6. The molecule has 2 aromatic rings. The van der Waals surface area contributed by atoms with Crippen molar-refractivity contribution in [1.29, 1.82) is 0 Å². The van der Waals surface area contributed by atoms with E-state index in [1.54, 1.807) is 12.1 Å². The van der Waals surface area contributed by atoms with Crippen LogP contribution in [0.25, 0.3) is 11.1 Å². The highest BCUT2D eigenvalue weighted by molar-refractivity contribution is 7.90. The van der Waals surface area contributed by atoms with Crippen molar-refractivity contribution < 1.29 is 13.2 Å². The van der Waals surface area contributed by atoms with E-state index in [0.717, 1.165) is 12.7 Å². The van der Waals surface area contributed by atoms with Crippen LogP contribution in [-0.4, -0.2) is 31.5 Å². The third-order valence-electron chi connectivity index (χ3n) is 3.35. The van der Waals surface area contributed by atoms with Crippen LogP contribution in [0.5, 0.6) is 5.75 Å². The molecule has 1 N–H and O–H groups in total. The van der Waals surface area contributed by atoms with Gasteiger partial charge in [0, 0.05) is 11.8 Å². The summed E-state index contributed by atoms with van der Waals surface area (Å²) in [6, 6.07) is 6.29. The molecule has 6 nitrogen and oxygen atoms in total. The maximum atomic E-state index is 12.0. The third kappa shape index (κ3) is 4.41. The molecule has 0 atom stereocenters. The van der Waals surface area contributed by atoms with Crippen LogP contribution >= 0.6 is 0 Å². The van der Waals surface area contributed by atoms with Crippen LogP contribution in [0.2, 0.25) is 0 Å². The predicted octanol–water partition coefficient (Wildman–Crippen LogP) is 2.27. The fraction of sp³-hybridized carbons (Fsp3) is 0.375. The molecule has 0 aliphatic rings. The number of ether oxygens (including phenoxy) is 1. The Morgan fingerprint density at radius 2 is 1.87 bits per heavy atom. The Bertz CT molecular complexity index is 824. The monoisotopic (exact) mass is 336 g/mol. The number of aromatic nitrogens is 2. The van der Waals surface area contributed by atoms with Gasteiger partial charge in [-0.25, -0.2) is 13.5 Å². The molecule has 1 aromatic heterocycles. The minimum Gasteiger partial charge on any atom is -0.487 e. The summed E-state index contributed by atoms with van der Waals surface area (Å²) in [5.41, 5.74) is 0.812. The highest BCUT2D eigenvalue weighted by Gasteiger charge is 2.13. The first-order chi connectivity index (χ1) is 10.8. The molecule has 0 radical (unpaired) electrons. The quantitative estimate of drug-likeness (QED) is 0.874. The van der Waals surface area contributed by atoms with Crippen molar-refractivity contribution in [2.24, 2.45) is 5.92 Å². The molecule has 124 valence electrons. The highest BCUT2D eigenvalue weighted by Crippen LogP contribution is 2.27. The number of hydrogen-bond acceptors (Lipinski definition) is 5. The van der Waals surface area contributed by atoms with Crippen molar-refractivity contribution in [2.45, 2.75) is 25.2 Å². The van der Waals surface area contributed by atoms with Crippen molar-refractivity contribution in [1.82, 2.24) is 10.2 Å². The lowest BCUT2D eigenvalue weighted by molar-refractivity contribution is 0.286. The van der Waals surface area contributed by atoms with Gasteiger partial charge in [-0.3, -0.25) is 4.79 Å². The Kier molecular flexibility index (Phi) is 5.20. The second kappa shape index (κ2) is 6.95. The number of sulfone groups is 1. The van der Waals surface area contributed by atoms with E-state index >= 15 is 0 Å². The van der Waals surface area contributed by atoms with Gasteiger partial charge in [0.1, 0.15) is 0 Å². The average Bonchev–Trinajstić information content (AvgIpc) is 2.48. The lowest BCUT2D eigenvalue weighted by Crippen LogP contribution is -2.15. The molecule has 7 heteroatoms. The molecular formula is C16H20N2O4S. The Hall–Kier alpha value is -2.15. The van der Waals surface area contributed by atoms with Gasteiger partial charge < -0.3 is 4.74 Å². The number of benzene rings is 1. The zero-order valence-corrected chi connectivity index (χ0v) is 14.2. The summed E-state index contributed by atoms with van der Waals surface area (Å²) < 4.78 is 28.7. The third-order valence-corrected chi connectivity index (χ3v) is 4.47. The van der Waals surface area contributed by atoms with Crippen molar-refractivity contribution in [3.8, 4) is 16.9 Å². The van der Waals surface area contributed by atoms with Gasteiger partial charge in [-0.1, -0.05) is 26.0 Å². The fourth-order valence-corrected chi connectivity index (χ4v) is 2.64. The van der Waals surface area contributed by atoms with Crippen LogP contribution in [0.4, 0.5) is 0 Å². The number of aromatic amines is 1. The van der Waals surface area contributed by atoms with E-state index in [4.69, 9.17) is 4.74 Å². The zero-order valence-electron chi connectivity index (χ0n) is 13.4. The Balaban J connectivity index is 2.35. The lowest BCUT2D eigenvalue weighted by Gasteiger charge is -2.11. The SMILES string of the molecule is CC(C)CCOc1c(-c2ccc(S(C)(=O)=O)cc2)cn[nH]c1=O. The number of hydrogen-bond donors (Lipinski definition) is 1. The van der Waals surface area contributed by atoms with E-state index in [0.29, 0.717) is 23.7 Å². The van der Waals surface area contributed by atoms with Gasteiger partial charge in [0.05, 0.1) is 17.7 Å². The van der Waals surface area contributed by atoms with E-state index in [9.17, 15) is 13.2 Å². The van der Waals surface area contributed by atoms with Crippen LogP contribution in [0, 0.1) is 5.92 Å². The largest absolute Gasteiger partial charge is 0.487 e. The minimum atomic E-state index is -3.26. The summed E-state index contributed by atoms with van der Waals surface area (Å²) in [4.78, 5) is 12.2. The first-order valence-electron chi connectivity index (χ1n) is 7.30. The van der Waals surface area contributed by atoms with Crippen LogP contribution in [0.3, 0.4) is 0 Å². The van der Waals surface area contributed by atoms with Crippen molar-refractivity contribution in [3.05, 3.63) is 40.8 Å². The van der Waals surface area contributed by atoms with Crippen LogP contribution in [0.1, 0.15) is 20.3 Å². The molecule has 0 aliphatic carbocycles. The number of nitrogens with zero attached hydrogens (tertiary/aromatic N) is 1. The summed E-state index contributed by atoms with van der Waals surface area (Å²) >= 11 is 0. The Morgan fingerprint density at radius 1 is 1.22 bits per heavy atom. The van der Waals surface area contributed by atoms with E-state index in [-0.39, 0.29) is 10.6 Å². The minimum absolute atomic E-state index is 0.202. The van der Waals surface area contributed by atoms with Crippen molar-refractivity contribution in [3.63, 3.8) is 0 Å². The molecule has 0 bridgehead atoms. The van der Waals surface area contributed by atoms with Crippen molar-refractivity contribution in [2.75, 3.05) is 12.9 Å². The van der Waals surface area contributed by atoms with E-state index in [2.05, 4.69) is 24.0 Å². The second-order valence-corrected chi connectivity index (χ2v) is 7.79. The zero-order chi connectivity index (χ0) is 17.0. The summed E-state index contributed by atoms with van der Waals surface area (Å²) in [6.45, 7) is 4.58. The molecule has 2 rings (SSSR count). The summed E-state index contributed by atoms with van der Waals surface area (Å²) in [6.07, 6.45) is 3.48. The van der Waals surface area contributed by atoms with Crippen LogP contribution < -0.4 is 10.3 Å². The maximum Gasteiger partial charge on any atom is 0.307 e. The molecular weight excluding hydrogens is 316 g/mol. The molecule has 0 saturated carbocycles. The standard InChI is InChI=1S/C16H20N2O4S/c1-11(2)8-9-22-15-14(10-17-18-16(15)19)12-4-6-13(7-5-12)23(3,20)21/h4-7,10-11H,8-9H2,1-3H3,(H,18,19). The van der Waals surface area contributed by atoms with Gasteiger partial charge in [-0.05, 0) is 30.0 Å². The second-order valence-electron chi connectivity index (χ2n) is 5.77. The lowest BCUT2D eigenvalue weighted by atomic mass is 10.1. The average molecular weight is 336 g/mol. The van der Waals surface area contributed by atoms with Gasteiger partial charge in [-0.2, -0.15) is 5.10 Å². The first kappa shape index (κ1) is 17.2. The first-order valence-corrected chi connectivity index (χ1v) is 9.19. The highest BCUT2D eigenvalue weighted by atomic mass is 32.2. The van der Waals surface area contributed by atoms with E-state index in [1.165, 1.54) is 18.3 Å². The van der Waals surface area contributed by atoms with E-state index < -0.39 is 15.4 Å². The normalized spacial score (nSPS) is 11.7. The maximum absolute atomic E-state index is 12.0. The number of H-pyrrole nitrogens is 1. The van der Waals surface area contributed by atoms with Gasteiger partial charge in [0.15, 0.2) is 15.6 Å². The van der Waals surface area contributed by atoms with Crippen LogP contribution in [-0.2, 0) is 9.84 Å². The summed E-state index contributed by atoms with van der Waals surface area (Å²) in [7, 11) is -3.26. The molecule has 23 heavy (non-hydrogen) atoms. The molecule has 0 unspecified atom stereocenters. The van der Waals surface area contributed by atoms with E-state index in [1.807, 2.05) is 0 Å². The number of nitrogens with one attached hydrogen (secondary N) is 1. The van der Waals surface area contributed by atoms with Gasteiger partial charge in [0.2, 0.25) is 0 Å². The molecule has 0 aliphatic heterocycles. The Labute approximate surface area is 135 Å². The smallest absolute Gasteiger partial charge is 0.307 e. The molecule has 0 fully saturated rings.